The molecule has 7 nitrogen and oxygen atoms in total. The zero-order valence-electron chi connectivity index (χ0n) is 21.3. The Morgan fingerprint density at radius 1 is 0.914 bits per heavy atom. The first-order chi connectivity index (χ1) is 17.0. The molecular formula is C28H36N4O3. The molecule has 2 aromatic carbocycles. The summed E-state index contributed by atoms with van der Waals surface area (Å²) in [5.41, 5.74) is 5.64. The lowest BCUT2D eigenvalue weighted by atomic mass is 10.0. The number of H-pyrrole nitrogens is 1. The molecule has 35 heavy (non-hydrogen) atoms. The number of hydrogen-bond acceptors (Lipinski definition) is 5. The number of anilines is 1. The highest BCUT2D eigenvalue weighted by Crippen LogP contribution is 2.29. The van der Waals surface area contributed by atoms with Crippen LogP contribution in [-0.4, -0.2) is 60.4 Å². The number of aromatic nitrogens is 2. The van der Waals surface area contributed by atoms with E-state index in [0.29, 0.717) is 31.9 Å². The van der Waals surface area contributed by atoms with Crippen LogP contribution in [0.15, 0.2) is 42.5 Å². The first kappa shape index (κ1) is 24.6. The maximum atomic E-state index is 13.1. The number of rotatable bonds is 8. The minimum atomic E-state index is 0.135. The Bertz CT molecular complexity index is 1160. The van der Waals surface area contributed by atoms with E-state index in [-0.39, 0.29) is 5.91 Å². The van der Waals surface area contributed by atoms with Crippen LogP contribution in [-0.2, 0) is 11.2 Å². The quantitative estimate of drug-likeness (QED) is 0.507. The summed E-state index contributed by atoms with van der Waals surface area (Å²) in [4.78, 5) is 17.3. The third-order valence-corrected chi connectivity index (χ3v) is 6.52. The minimum absolute atomic E-state index is 0.135. The van der Waals surface area contributed by atoms with E-state index in [0.717, 1.165) is 54.4 Å². The average Bonchev–Trinajstić information content (AvgIpc) is 3.20. The average molecular weight is 477 g/mol. The number of amides is 1. The zero-order valence-corrected chi connectivity index (χ0v) is 21.3. The van der Waals surface area contributed by atoms with E-state index in [9.17, 15) is 4.79 Å². The smallest absolute Gasteiger partial charge is 0.227 e. The largest absolute Gasteiger partial charge is 0.490 e. The summed E-state index contributed by atoms with van der Waals surface area (Å²) in [6.07, 6.45) is 1.26. The summed E-state index contributed by atoms with van der Waals surface area (Å²) < 4.78 is 11.4. The summed E-state index contributed by atoms with van der Waals surface area (Å²) in [5.74, 6) is 2.48. The minimum Gasteiger partial charge on any atom is -0.490 e. The van der Waals surface area contributed by atoms with Crippen molar-refractivity contribution in [3.05, 3.63) is 59.2 Å². The van der Waals surface area contributed by atoms with Crippen LogP contribution in [0.25, 0.3) is 11.3 Å². The number of nitrogens with zero attached hydrogens (tertiary/aromatic N) is 3. The molecule has 1 amide bonds. The number of aromatic amines is 1. The monoisotopic (exact) mass is 476 g/mol. The van der Waals surface area contributed by atoms with Gasteiger partial charge in [0.25, 0.3) is 0 Å². The second-order valence-corrected chi connectivity index (χ2v) is 8.98. The fraction of sp³-hybridized carbons (Fsp3) is 0.429. The molecule has 4 rings (SSSR count). The third-order valence-electron chi connectivity index (χ3n) is 6.52. The van der Waals surface area contributed by atoms with Gasteiger partial charge in [-0.2, -0.15) is 5.10 Å². The van der Waals surface area contributed by atoms with Crippen molar-refractivity contribution in [1.29, 1.82) is 0 Å². The standard InChI is InChI=1S/C28H36N4O3/c1-5-34-25-11-9-22(17-26(25)35-6-2)18-28(33)32-13-7-12-31(14-15-32)27-19-24(29-30-27)23-10-8-20(3)21(4)16-23/h8-11,16-17,19H,5-7,12-15,18H2,1-4H3,(H,29,30). The summed E-state index contributed by atoms with van der Waals surface area (Å²) in [6.45, 7) is 12.3. The molecule has 186 valence electrons. The zero-order chi connectivity index (χ0) is 24.8. The Balaban J connectivity index is 1.38. The van der Waals surface area contributed by atoms with Gasteiger partial charge >= 0.3 is 0 Å². The third kappa shape index (κ3) is 5.96. The molecular weight excluding hydrogens is 440 g/mol. The molecule has 0 aliphatic carbocycles. The van der Waals surface area contributed by atoms with Crippen LogP contribution < -0.4 is 14.4 Å². The number of benzene rings is 2. The van der Waals surface area contributed by atoms with Crippen molar-refractivity contribution in [1.82, 2.24) is 15.1 Å². The highest BCUT2D eigenvalue weighted by Gasteiger charge is 2.21. The number of nitrogens with one attached hydrogen (secondary N) is 1. The SMILES string of the molecule is CCOc1ccc(CC(=O)N2CCCN(c3cc(-c4ccc(C)c(C)c4)[nH]n3)CC2)cc1OCC. The van der Waals surface area contributed by atoms with Gasteiger partial charge in [-0.1, -0.05) is 18.2 Å². The first-order valence-electron chi connectivity index (χ1n) is 12.5. The van der Waals surface area contributed by atoms with E-state index in [2.05, 4.69) is 53.2 Å². The number of carbonyl (C=O) groups is 1. The Labute approximate surface area is 208 Å². The maximum absolute atomic E-state index is 13.1. The summed E-state index contributed by atoms with van der Waals surface area (Å²) in [6, 6.07) is 14.3. The predicted octanol–water partition coefficient (Wildman–Crippen LogP) is 4.77. The van der Waals surface area contributed by atoms with Crippen molar-refractivity contribution in [3.63, 3.8) is 0 Å². The number of ether oxygens (including phenoxy) is 2. The van der Waals surface area contributed by atoms with Crippen LogP contribution in [0.3, 0.4) is 0 Å². The molecule has 0 radical (unpaired) electrons. The molecule has 1 aliphatic heterocycles. The summed E-state index contributed by atoms with van der Waals surface area (Å²) in [7, 11) is 0. The molecule has 1 aromatic heterocycles. The van der Waals surface area contributed by atoms with Gasteiger partial charge in [-0.05, 0) is 74.6 Å². The van der Waals surface area contributed by atoms with Gasteiger partial charge in [0.1, 0.15) is 0 Å². The summed E-state index contributed by atoms with van der Waals surface area (Å²) >= 11 is 0. The molecule has 0 unspecified atom stereocenters. The van der Waals surface area contributed by atoms with Crippen molar-refractivity contribution in [2.75, 3.05) is 44.3 Å². The van der Waals surface area contributed by atoms with Gasteiger partial charge < -0.3 is 19.3 Å². The number of aryl methyl sites for hydroxylation is 2. The van der Waals surface area contributed by atoms with Gasteiger partial charge in [-0.3, -0.25) is 9.89 Å². The molecule has 0 bridgehead atoms. The second kappa shape index (κ2) is 11.3. The molecule has 0 spiro atoms. The van der Waals surface area contributed by atoms with Crippen LogP contribution in [0.1, 0.15) is 37.0 Å². The fourth-order valence-electron chi connectivity index (χ4n) is 4.42. The lowest BCUT2D eigenvalue weighted by molar-refractivity contribution is -0.130. The molecule has 0 saturated carbocycles. The van der Waals surface area contributed by atoms with Crippen molar-refractivity contribution in [3.8, 4) is 22.8 Å². The van der Waals surface area contributed by atoms with Crippen LogP contribution in [0, 0.1) is 13.8 Å². The van der Waals surface area contributed by atoms with Gasteiger partial charge in [0.05, 0.1) is 25.3 Å². The van der Waals surface area contributed by atoms with Gasteiger partial charge in [-0.15, -0.1) is 0 Å². The molecule has 3 aromatic rings. The van der Waals surface area contributed by atoms with Gasteiger partial charge in [0.15, 0.2) is 17.3 Å². The summed E-state index contributed by atoms with van der Waals surface area (Å²) in [5, 5.41) is 7.76. The lowest BCUT2D eigenvalue weighted by Gasteiger charge is -2.22. The highest BCUT2D eigenvalue weighted by atomic mass is 16.5. The van der Waals surface area contributed by atoms with E-state index in [1.807, 2.05) is 36.9 Å². The van der Waals surface area contributed by atoms with Gasteiger partial charge in [0.2, 0.25) is 5.91 Å². The van der Waals surface area contributed by atoms with Gasteiger partial charge in [-0.25, -0.2) is 0 Å². The molecule has 1 aliphatic rings. The molecule has 1 N–H and O–H groups in total. The van der Waals surface area contributed by atoms with Crippen molar-refractivity contribution in [2.24, 2.45) is 0 Å². The Morgan fingerprint density at radius 2 is 1.71 bits per heavy atom. The van der Waals surface area contributed by atoms with Crippen molar-refractivity contribution in [2.45, 2.75) is 40.5 Å². The first-order valence-corrected chi connectivity index (χ1v) is 12.5. The Morgan fingerprint density at radius 3 is 2.49 bits per heavy atom. The Hall–Kier alpha value is -3.48. The second-order valence-electron chi connectivity index (χ2n) is 8.98. The lowest BCUT2D eigenvalue weighted by Crippen LogP contribution is -2.36. The molecule has 0 atom stereocenters. The fourth-order valence-corrected chi connectivity index (χ4v) is 4.42. The Kier molecular flexibility index (Phi) is 7.95. The van der Waals surface area contributed by atoms with Crippen molar-refractivity contribution >= 4 is 11.7 Å². The molecule has 1 saturated heterocycles. The normalized spacial score (nSPS) is 14.1. The van der Waals surface area contributed by atoms with E-state index in [1.54, 1.807) is 0 Å². The van der Waals surface area contributed by atoms with Crippen LogP contribution >= 0.6 is 0 Å². The topological polar surface area (TPSA) is 70.7 Å². The number of hydrogen-bond donors (Lipinski definition) is 1. The molecule has 2 heterocycles. The van der Waals surface area contributed by atoms with Crippen LogP contribution in [0.5, 0.6) is 11.5 Å². The van der Waals surface area contributed by atoms with Crippen LogP contribution in [0.4, 0.5) is 5.82 Å². The predicted molar refractivity (Wildman–Crippen MR) is 139 cm³/mol. The van der Waals surface area contributed by atoms with Gasteiger partial charge in [0, 0.05) is 32.2 Å². The molecule has 1 fully saturated rings. The van der Waals surface area contributed by atoms with E-state index in [4.69, 9.17) is 9.47 Å². The van der Waals surface area contributed by atoms with Crippen LogP contribution in [0.2, 0.25) is 0 Å². The van der Waals surface area contributed by atoms with E-state index < -0.39 is 0 Å². The molecule has 7 heteroatoms. The maximum Gasteiger partial charge on any atom is 0.227 e. The van der Waals surface area contributed by atoms with E-state index >= 15 is 0 Å². The number of carbonyl (C=O) groups excluding carboxylic acids is 1. The van der Waals surface area contributed by atoms with E-state index in [1.165, 1.54) is 11.1 Å². The highest BCUT2D eigenvalue weighted by molar-refractivity contribution is 5.79. The van der Waals surface area contributed by atoms with Crippen molar-refractivity contribution < 1.29 is 14.3 Å².